The predicted molar refractivity (Wildman–Crippen MR) is 84.9 cm³/mol. The molecule has 2 N–H and O–H groups in total. The Morgan fingerprint density at radius 2 is 2.00 bits per heavy atom. The van der Waals surface area contributed by atoms with Crippen LogP contribution in [0.4, 0.5) is 0 Å². The summed E-state index contributed by atoms with van der Waals surface area (Å²) in [5, 5.41) is 0. The van der Waals surface area contributed by atoms with Gasteiger partial charge in [0.15, 0.2) is 0 Å². The van der Waals surface area contributed by atoms with Gasteiger partial charge in [-0.05, 0) is 50.6 Å². The van der Waals surface area contributed by atoms with E-state index in [1.807, 2.05) is 18.2 Å². The maximum absolute atomic E-state index is 13.2. The third-order valence-electron chi connectivity index (χ3n) is 5.41. The first kappa shape index (κ1) is 14.6. The minimum atomic E-state index is -0.237. The third kappa shape index (κ3) is 2.48. The molecule has 0 heterocycles. The summed E-state index contributed by atoms with van der Waals surface area (Å²) in [6.07, 6.45) is 5.48. The van der Waals surface area contributed by atoms with Crippen LogP contribution in [0, 0.1) is 5.92 Å². The van der Waals surface area contributed by atoms with E-state index in [1.54, 1.807) is 0 Å². The molecule has 1 aromatic carbocycles. The van der Waals surface area contributed by atoms with Gasteiger partial charge in [-0.25, -0.2) is 0 Å². The Balaban J connectivity index is 1.83. The van der Waals surface area contributed by atoms with Gasteiger partial charge in [0, 0.05) is 12.6 Å². The molecule has 114 valence electrons. The Morgan fingerprint density at radius 1 is 1.29 bits per heavy atom. The first-order chi connectivity index (χ1) is 10.2. The molecule has 3 nitrogen and oxygen atoms in total. The number of likely N-dealkylation sites (N-methyl/N-ethyl adjacent to an activating group) is 1. The summed E-state index contributed by atoms with van der Waals surface area (Å²) in [5.41, 5.74) is 6.87. The van der Waals surface area contributed by atoms with E-state index in [0.29, 0.717) is 24.4 Å². The van der Waals surface area contributed by atoms with Crippen LogP contribution >= 0.6 is 0 Å². The molecule has 2 atom stereocenters. The summed E-state index contributed by atoms with van der Waals surface area (Å²) in [6, 6.07) is 10.7. The molecular weight excluding hydrogens is 260 g/mol. The van der Waals surface area contributed by atoms with Crippen molar-refractivity contribution in [1.29, 1.82) is 0 Å². The summed E-state index contributed by atoms with van der Waals surface area (Å²) in [6.45, 7) is 3.60. The van der Waals surface area contributed by atoms with Crippen LogP contribution in [0.1, 0.15) is 44.6 Å². The molecule has 2 aliphatic carbocycles. The van der Waals surface area contributed by atoms with Gasteiger partial charge in [0.2, 0.25) is 5.91 Å². The second-order valence-electron chi connectivity index (χ2n) is 6.53. The maximum Gasteiger partial charge on any atom is 0.233 e. The molecule has 0 bridgehead atoms. The Kier molecular flexibility index (Phi) is 4.03. The SMILES string of the molecule is CCN(C(=O)C1(c2ccccc2)CC1)C1CCCC1CN. The molecule has 2 fully saturated rings. The fourth-order valence-electron chi connectivity index (χ4n) is 4.01. The van der Waals surface area contributed by atoms with E-state index >= 15 is 0 Å². The third-order valence-corrected chi connectivity index (χ3v) is 5.41. The first-order valence-electron chi connectivity index (χ1n) is 8.29. The van der Waals surface area contributed by atoms with Gasteiger partial charge in [-0.3, -0.25) is 4.79 Å². The van der Waals surface area contributed by atoms with Crippen molar-refractivity contribution in [2.75, 3.05) is 13.1 Å². The van der Waals surface area contributed by atoms with Crippen LogP contribution < -0.4 is 5.73 Å². The van der Waals surface area contributed by atoms with Gasteiger partial charge in [0.25, 0.3) is 0 Å². The van der Waals surface area contributed by atoms with Crippen molar-refractivity contribution in [3.63, 3.8) is 0 Å². The van der Waals surface area contributed by atoms with Crippen LogP contribution in [0.3, 0.4) is 0 Å². The van der Waals surface area contributed by atoms with Crippen LogP contribution in [0.5, 0.6) is 0 Å². The largest absolute Gasteiger partial charge is 0.339 e. The zero-order valence-corrected chi connectivity index (χ0v) is 12.9. The number of amides is 1. The minimum Gasteiger partial charge on any atom is -0.339 e. The summed E-state index contributed by atoms with van der Waals surface area (Å²) >= 11 is 0. The highest BCUT2D eigenvalue weighted by atomic mass is 16.2. The fourth-order valence-corrected chi connectivity index (χ4v) is 4.01. The quantitative estimate of drug-likeness (QED) is 0.904. The van der Waals surface area contributed by atoms with Crippen molar-refractivity contribution in [2.45, 2.75) is 50.5 Å². The zero-order chi connectivity index (χ0) is 14.9. The van der Waals surface area contributed by atoms with E-state index in [-0.39, 0.29) is 5.41 Å². The number of hydrogen-bond donors (Lipinski definition) is 1. The van der Waals surface area contributed by atoms with Gasteiger partial charge in [-0.2, -0.15) is 0 Å². The Morgan fingerprint density at radius 3 is 2.57 bits per heavy atom. The second kappa shape index (κ2) is 5.80. The molecule has 2 aliphatic rings. The lowest BCUT2D eigenvalue weighted by molar-refractivity contribution is -0.136. The molecular formula is C18H26N2O. The zero-order valence-electron chi connectivity index (χ0n) is 12.9. The van der Waals surface area contributed by atoms with Crippen molar-refractivity contribution < 1.29 is 4.79 Å². The number of benzene rings is 1. The first-order valence-corrected chi connectivity index (χ1v) is 8.29. The summed E-state index contributed by atoms with van der Waals surface area (Å²) < 4.78 is 0. The van der Waals surface area contributed by atoms with Crippen LogP contribution in [0.15, 0.2) is 30.3 Å². The van der Waals surface area contributed by atoms with Crippen molar-refractivity contribution in [3.8, 4) is 0 Å². The average molecular weight is 286 g/mol. The highest BCUT2D eigenvalue weighted by Crippen LogP contribution is 2.50. The number of nitrogens with zero attached hydrogens (tertiary/aromatic N) is 1. The van der Waals surface area contributed by atoms with E-state index in [9.17, 15) is 4.79 Å². The molecule has 0 saturated heterocycles. The number of hydrogen-bond acceptors (Lipinski definition) is 2. The fraction of sp³-hybridized carbons (Fsp3) is 0.611. The smallest absolute Gasteiger partial charge is 0.233 e. The molecule has 1 amide bonds. The minimum absolute atomic E-state index is 0.237. The normalized spacial score (nSPS) is 26.6. The topological polar surface area (TPSA) is 46.3 Å². The van der Waals surface area contributed by atoms with Crippen molar-refractivity contribution in [1.82, 2.24) is 4.90 Å². The summed E-state index contributed by atoms with van der Waals surface area (Å²) in [5.74, 6) is 0.821. The average Bonchev–Trinajstić information content (AvgIpc) is 3.22. The molecule has 21 heavy (non-hydrogen) atoms. The molecule has 3 rings (SSSR count). The summed E-state index contributed by atoms with van der Waals surface area (Å²) in [4.78, 5) is 15.3. The molecule has 0 spiro atoms. The Labute approximate surface area is 127 Å². The van der Waals surface area contributed by atoms with Crippen LogP contribution in [0.2, 0.25) is 0 Å². The van der Waals surface area contributed by atoms with E-state index in [0.717, 1.165) is 25.8 Å². The number of nitrogens with two attached hydrogens (primary N) is 1. The standard InChI is InChI=1S/C18H26N2O/c1-2-20(16-10-6-7-14(16)13-19)17(21)18(11-12-18)15-8-4-3-5-9-15/h3-5,8-9,14,16H,2,6-7,10-13,19H2,1H3. The van der Waals surface area contributed by atoms with Crippen molar-refractivity contribution in [2.24, 2.45) is 11.7 Å². The molecule has 2 saturated carbocycles. The number of carbonyl (C=O) groups is 1. The second-order valence-corrected chi connectivity index (χ2v) is 6.53. The van der Waals surface area contributed by atoms with E-state index in [4.69, 9.17) is 5.73 Å². The summed E-state index contributed by atoms with van der Waals surface area (Å²) in [7, 11) is 0. The van der Waals surface area contributed by atoms with Gasteiger partial charge < -0.3 is 10.6 Å². The van der Waals surface area contributed by atoms with E-state index < -0.39 is 0 Å². The van der Waals surface area contributed by atoms with Crippen molar-refractivity contribution >= 4 is 5.91 Å². The molecule has 3 heteroatoms. The lowest BCUT2D eigenvalue weighted by atomic mass is 9.92. The van der Waals surface area contributed by atoms with Gasteiger partial charge in [-0.15, -0.1) is 0 Å². The highest BCUT2D eigenvalue weighted by Gasteiger charge is 2.54. The van der Waals surface area contributed by atoms with Gasteiger partial charge in [0.05, 0.1) is 5.41 Å². The highest BCUT2D eigenvalue weighted by molar-refractivity contribution is 5.91. The van der Waals surface area contributed by atoms with Gasteiger partial charge >= 0.3 is 0 Å². The number of rotatable bonds is 5. The predicted octanol–water partition coefficient (Wildman–Crippen LogP) is 2.69. The molecule has 1 aromatic rings. The lowest BCUT2D eigenvalue weighted by Gasteiger charge is -2.35. The lowest BCUT2D eigenvalue weighted by Crippen LogP contribution is -2.48. The van der Waals surface area contributed by atoms with Crippen molar-refractivity contribution in [3.05, 3.63) is 35.9 Å². The monoisotopic (exact) mass is 286 g/mol. The van der Waals surface area contributed by atoms with Crippen LogP contribution in [0.25, 0.3) is 0 Å². The Bertz CT molecular complexity index is 495. The van der Waals surface area contributed by atoms with E-state index in [1.165, 1.54) is 18.4 Å². The molecule has 0 aromatic heterocycles. The van der Waals surface area contributed by atoms with Gasteiger partial charge in [0.1, 0.15) is 0 Å². The van der Waals surface area contributed by atoms with Gasteiger partial charge in [-0.1, -0.05) is 36.8 Å². The van der Waals surface area contributed by atoms with E-state index in [2.05, 4.69) is 24.0 Å². The number of carbonyl (C=O) groups excluding carboxylic acids is 1. The molecule has 0 radical (unpaired) electrons. The molecule has 2 unspecified atom stereocenters. The van der Waals surface area contributed by atoms with Crippen LogP contribution in [-0.2, 0) is 10.2 Å². The van der Waals surface area contributed by atoms with Crippen LogP contribution in [-0.4, -0.2) is 29.9 Å². The molecule has 0 aliphatic heterocycles. The Hall–Kier alpha value is -1.35. The maximum atomic E-state index is 13.2.